The first kappa shape index (κ1) is 28.5. The van der Waals surface area contributed by atoms with Crippen LogP contribution >= 0.6 is 11.3 Å². The number of morpholine rings is 1. The maximum atomic E-state index is 13.2. The summed E-state index contributed by atoms with van der Waals surface area (Å²) in [7, 11) is 0. The molecule has 0 unspecified atom stereocenters. The molecule has 38 heavy (non-hydrogen) atoms. The van der Waals surface area contributed by atoms with Gasteiger partial charge in [0.05, 0.1) is 24.5 Å². The number of amides is 2. The Bertz CT molecular complexity index is 1100. The molecular weight excluding hydrogens is 502 g/mol. The Kier molecular flexibility index (Phi) is 9.75. The summed E-state index contributed by atoms with van der Waals surface area (Å²) >= 11 is 1.46. The fourth-order valence-corrected chi connectivity index (χ4v) is 5.88. The van der Waals surface area contributed by atoms with Gasteiger partial charge in [0.25, 0.3) is 11.8 Å². The average Bonchev–Trinajstić information content (AvgIpc) is 3.40. The monoisotopic (exact) mass is 543 g/mol. The lowest BCUT2D eigenvalue weighted by Gasteiger charge is -2.42. The smallest absolute Gasteiger partial charge is 0.275 e. The molecule has 0 atom stereocenters. The lowest BCUT2D eigenvalue weighted by atomic mass is 9.94. The highest BCUT2D eigenvalue weighted by Crippen LogP contribution is 2.29. The molecule has 208 valence electrons. The number of ether oxygens (including phenoxy) is 1. The average molecular weight is 544 g/mol. The molecule has 1 aromatic carbocycles. The summed E-state index contributed by atoms with van der Waals surface area (Å²) in [6, 6.07) is 5.68. The topological polar surface area (TPSA) is 107 Å². The van der Waals surface area contributed by atoms with E-state index in [1.807, 2.05) is 25.1 Å². The zero-order chi connectivity index (χ0) is 27.1. The van der Waals surface area contributed by atoms with Crippen LogP contribution in [0.4, 0.5) is 10.8 Å². The maximum absolute atomic E-state index is 13.2. The van der Waals surface area contributed by atoms with E-state index in [1.165, 1.54) is 11.3 Å². The van der Waals surface area contributed by atoms with E-state index in [-0.39, 0.29) is 24.0 Å². The Morgan fingerprint density at radius 1 is 1.21 bits per heavy atom. The van der Waals surface area contributed by atoms with Gasteiger partial charge in [0, 0.05) is 50.2 Å². The van der Waals surface area contributed by atoms with Crippen LogP contribution in [0.2, 0.25) is 0 Å². The van der Waals surface area contributed by atoms with Gasteiger partial charge in [-0.25, -0.2) is 4.98 Å². The first-order chi connectivity index (χ1) is 18.3. The second-order valence-corrected chi connectivity index (χ2v) is 11.7. The first-order valence-electron chi connectivity index (χ1n) is 13.7. The third kappa shape index (κ3) is 7.11. The number of carbonyl (C=O) groups excluding carboxylic acids is 2. The molecule has 0 saturated carbocycles. The van der Waals surface area contributed by atoms with E-state index < -0.39 is 0 Å². The molecule has 3 heterocycles. The Morgan fingerprint density at radius 3 is 2.71 bits per heavy atom. The van der Waals surface area contributed by atoms with Crippen molar-refractivity contribution in [3.05, 3.63) is 40.4 Å². The Labute approximate surface area is 229 Å². The molecule has 0 aliphatic carbocycles. The summed E-state index contributed by atoms with van der Waals surface area (Å²) in [6.45, 7) is 11.8. The van der Waals surface area contributed by atoms with E-state index in [9.17, 15) is 14.7 Å². The van der Waals surface area contributed by atoms with Crippen molar-refractivity contribution >= 4 is 34.0 Å². The number of anilines is 2. The maximum Gasteiger partial charge on any atom is 0.275 e. The normalized spacial score (nSPS) is 18.4. The van der Waals surface area contributed by atoms with Gasteiger partial charge in [-0.2, -0.15) is 0 Å². The van der Waals surface area contributed by atoms with Crippen LogP contribution in [0, 0.1) is 5.92 Å². The molecular formula is C28H41N5O4S. The summed E-state index contributed by atoms with van der Waals surface area (Å²) in [4.78, 5) is 35.4. The first-order valence-corrected chi connectivity index (χ1v) is 14.5. The van der Waals surface area contributed by atoms with Crippen LogP contribution < -0.4 is 15.5 Å². The number of piperidine rings is 1. The highest BCUT2D eigenvalue weighted by molar-refractivity contribution is 7.14. The number of nitrogens with zero attached hydrogens (tertiary/aromatic N) is 3. The van der Waals surface area contributed by atoms with Crippen molar-refractivity contribution in [1.82, 2.24) is 15.2 Å². The van der Waals surface area contributed by atoms with Crippen LogP contribution in [0.25, 0.3) is 0 Å². The molecule has 2 fully saturated rings. The van der Waals surface area contributed by atoms with E-state index in [4.69, 9.17) is 4.74 Å². The van der Waals surface area contributed by atoms with Gasteiger partial charge in [-0.15, -0.1) is 11.3 Å². The number of hydrogen-bond acceptors (Lipinski definition) is 8. The number of nitrogens with one attached hydrogen (secondary N) is 2. The van der Waals surface area contributed by atoms with Crippen molar-refractivity contribution in [1.29, 1.82) is 0 Å². The molecule has 0 radical (unpaired) electrons. The van der Waals surface area contributed by atoms with Crippen LogP contribution in [0.1, 0.15) is 72.9 Å². The molecule has 10 heteroatoms. The molecule has 1 aromatic heterocycles. The number of rotatable bonds is 10. The molecule has 2 amide bonds. The highest BCUT2D eigenvalue weighted by atomic mass is 32.1. The zero-order valence-corrected chi connectivity index (χ0v) is 23.6. The van der Waals surface area contributed by atoms with Gasteiger partial charge in [0.1, 0.15) is 5.69 Å². The summed E-state index contributed by atoms with van der Waals surface area (Å²) < 4.78 is 5.65. The molecule has 2 aliphatic heterocycles. The van der Waals surface area contributed by atoms with Crippen LogP contribution in [-0.2, 0) is 11.3 Å². The van der Waals surface area contributed by atoms with Gasteiger partial charge in [-0.1, -0.05) is 13.0 Å². The van der Waals surface area contributed by atoms with E-state index in [1.54, 1.807) is 5.38 Å². The van der Waals surface area contributed by atoms with Gasteiger partial charge in [0.15, 0.2) is 5.13 Å². The molecule has 2 aromatic rings. The van der Waals surface area contributed by atoms with E-state index in [0.717, 1.165) is 56.0 Å². The van der Waals surface area contributed by atoms with Crippen molar-refractivity contribution in [2.45, 2.75) is 58.5 Å². The summed E-state index contributed by atoms with van der Waals surface area (Å²) in [5.41, 5.74) is 2.21. The largest absolute Gasteiger partial charge is 0.396 e. The minimum absolute atomic E-state index is 0.0911. The van der Waals surface area contributed by atoms with Crippen LogP contribution in [0.5, 0.6) is 0 Å². The second-order valence-electron chi connectivity index (χ2n) is 10.8. The number of aliphatic hydroxyl groups is 1. The van der Waals surface area contributed by atoms with Crippen LogP contribution in [0.3, 0.4) is 0 Å². The van der Waals surface area contributed by atoms with Gasteiger partial charge >= 0.3 is 0 Å². The van der Waals surface area contributed by atoms with E-state index >= 15 is 0 Å². The van der Waals surface area contributed by atoms with E-state index in [2.05, 4.69) is 39.3 Å². The summed E-state index contributed by atoms with van der Waals surface area (Å²) in [6.07, 6.45) is 3.71. The number of aromatic nitrogens is 1. The summed E-state index contributed by atoms with van der Waals surface area (Å²) in [5, 5.41) is 17.7. The lowest BCUT2D eigenvalue weighted by Crippen LogP contribution is -2.52. The van der Waals surface area contributed by atoms with Gasteiger partial charge < -0.3 is 25.4 Å². The number of carbonyl (C=O) groups is 2. The van der Waals surface area contributed by atoms with Crippen molar-refractivity contribution in [2.24, 2.45) is 5.92 Å². The lowest BCUT2D eigenvalue weighted by molar-refractivity contribution is -0.0552. The van der Waals surface area contributed by atoms with Crippen molar-refractivity contribution in [2.75, 3.05) is 56.2 Å². The minimum Gasteiger partial charge on any atom is -0.396 e. The van der Waals surface area contributed by atoms with E-state index in [0.29, 0.717) is 49.2 Å². The SMILES string of the molecule is CCCNC(=O)c1cc(CN2CCOCC2(C)C)ccc1NC(=O)c1csc(N2CCC(CCO)CC2)n1. The fourth-order valence-electron chi connectivity index (χ4n) is 5.02. The molecule has 4 rings (SSSR count). The molecule has 2 saturated heterocycles. The molecule has 2 aliphatic rings. The molecule has 9 nitrogen and oxygen atoms in total. The van der Waals surface area contributed by atoms with Gasteiger partial charge in [-0.05, 0) is 63.1 Å². The number of benzene rings is 1. The fraction of sp³-hybridized carbons (Fsp3) is 0.607. The Balaban J connectivity index is 1.47. The number of aliphatic hydroxyl groups excluding tert-OH is 1. The zero-order valence-electron chi connectivity index (χ0n) is 22.8. The van der Waals surface area contributed by atoms with Crippen molar-refractivity contribution in [3.8, 4) is 0 Å². The third-order valence-electron chi connectivity index (χ3n) is 7.45. The number of hydrogen-bond donors (Lipinski definition) is 3. The van der Waals surface area contributed by atoms with Crippen molar-refractivity contribution < 1.29 is 19.4 Å². The Morgan fingerprint density at radius 2 is 2.00 bits per heavy atom. The summed E-state index contributed by atoms with van der Waals surface area (Å²) in [5.74, 6) is 0.0257. The predicted molar refractivity (Wildman–Crippen MR) is 151 cm³/mol. The molecule has 0 bridgehead atoms. The third-order valence-corrected chi connectivity index (χ3v) is 8.35. The van der Waals surface area contributed by atoms with Gasteiger partial charge in [0.2, 0.25) is 0 Å². The van der Waals surface area contributed by atoms with Crippen LogP contribution in [0.15, 0.2) is 23.6 Å². The second kappa shape index (κ2) is 13.0. The standard InChI is InChI=1S/C28H41N5O4S/c1-4-10-29-25(35)22-16-21(17-33-13-15-37-19-28(33,2)3)5-6-23(22)30-26(36)24-18-38-27(31-24)32-11-7-20(8-12-32)9-14-34/h5-6,16,18,20,34H,4,7-15,17,19H2,1-3H3,(H,29,35)(H,30,36). The quantitative estimate of drug-likeness (QED) is 0.419. The minimum atomic E-state index is -0.325. The number of thiazole rings is 1. The molecule has 3 N–H and O–H groups in total. The van der Waals surface area contributed by atoms with Crippen molar-refractivity contribution in [3.63, 3.8) is 0 Å². The molecule has 0 spiro atoms. The van der Waals surface area contributed by atoms with Gasteiger partial charge in [-0.3, -0.25) is 14.5 Å². The predicted octanol–water partition coefficient (Wildman–Crippen LogP) is 3.74. The highest BCUT2D eigenvalue weighted by Gasteiger charge is 2.30. The van der Waals surface area contributed by atoms with Crippen LogP contribution in [-0.4, -0.2) is 78.3 Å². The Hall–Kier alpha value is -2.53.